The summed E-state index contributed by atoms with van der Waals surface area (Å²) in [6.07, 6.45) is 2.57. The maximum absolute atomic E-state index is 12.2. The largest absolute Gasteiger partial charge is 0.311 e. The van der Waals surface area contributed by atoms with Crippen LogP contribution < -0.4 is 4.90 Å². The number of fused-ring (bicyclic) bond motifs is 1. The average molecular weight is 228 g/mol. The number of amides is 1. The van der Waals surface area contributed by atoms with Crippen LogP contribution in [0.2, 0.25) is 0 Å². The van der Waals surface area contributed by atoms with Gasteiger partial charge in [0.2, 0.25) is 5.91 Å². The van der Waals surface area contributed by atoms with E-state index in [-0.39, 0.29) is 5.91 Å². The molecule has 0 saturated heterocycles. The van der Waals surface area contributed by atoms with Crippen molar-refractivity contribution in [3.63, 3.8) is 0 Å². The predicted octanol–water partition coefficient (Wildman–Crippen LogP) is 2.52. The molecular formula is C14H16N2O. The van der Waals surface area contributed by atoms with Crippen LogP contribution in [0.4, 0.5) is 5.69 Å². The maximum atomic E-state index is 12.2. The normalized spacial score (nSPS) is 15.9. The second kappa shape index (κ2) is 5.01. The fourth-order valence-electron chi connectivity index (χ4n) is 2.27. The molecule has 1 aliphatic heterocycles. The number of para-hydroxylation sites is 1. The van der Waals surface area contributed by atoms with E-state index in [0.29, 0.717) is 6.42 Å². The molecular weight excluding hydrogens is 212 g/mol. The van der Waals surface area contributed by atoms with Crippen LogP contribution in [0.5, 0.6) is 0 Å². The van der Waals surface area contributed by atoms with Gasteiger partial charge in [-0.25, -0.2) is 0 Å². The van der Waals surface area contributed by atoms with E-state index < -0.39 is 5.92 Å². The average Bonchev–Trinajstić information content (AvgIpc) is 2.39. The van der Waals surface area contributed by atoms with Crippen LogP contribution in [0, 0.1) is 17.2 Å². The summed E-state index contributed by atoms with van der Waals surface area (Å²) in [7, 11) is 0. The smallest absolute Gasteiger partial charge is 0.244 e. The highest BCUT2D eigenvalue weighted by atomic mass is 16.2. The lowest BCUT2D eigenvalue weighted by atomic mass is 9.99. The van der Waals surface area contributed by atoms with Crippen molar-refractivity contribution in [1.29, 1.82) is 5.26 Å². The lowest BCUT2D eigenvalue weighted by molar-refractivity contribution is -0.121. The maximum Gasteiger partial charge on any atom is 0.244 e. The van der Waals surface area contributed by atoms with Crippen LogP contribution in [-0.2, 0) is 11.2 Å². The molecule has 17 heavy (non-hydrogen) atoms. The van der Waals surface area contributed by atoms with Crippen molar-refractivity contribution in [2.75, 3.05) is 11.4 Å². The summed E-state index contributed by atoms with van der Waals surface area (Å²) in [5.41, 5.74) is 2.19. The highest BCUT2D eigenvalue weighted by Gasteiger charge is 2.27. The molecule has 1 atom stereocenters. The highest BCUT2D eigenvalue weighted by Crippen LogP contribution is 2.28. The molecule has 0 saturated carbocycles. The Kier molecular flexibility index (Phi) is 3.43. The molecule has 88 valence electrons. The topological polar surface area (TPSA) is 44.1 Å². The van der Waals surface area contributed by atoms with Crippen molar-refractivity contribution in [2.24, 2.45) is 5.92 Å². The zero-order valence-electron chi connectivity index (χ0n) is 10.0. The van der Waals surface area contributed by atoms with E-state index in [9.17, 15) is 4.79 Å². The van der Waals surface area contributed by atoms with Gasteiger partial charge in [-0.15, -0.1) is 0 Å². The lowest BCUT2D eigenvalue weighted by Gasteiger charge is -2.30. The minimum atomic E-state index is -0.513. The van der Waals surface area contributed by atoms with Crippen LogP contribution in [0.1, 0.15) is 25.3 Å². The molecule has 1 aliphatic rings. The Bertz CT molecular complexity index is 462. The minimum Gasteiger partial charge on any atom is -0.311 e. The molecule has 1 unspecified atom stereocenters. The summed E-state index contributed by atoms with van der Waals surface area (Å²) in [5.74, 6) is -0.566. The van der Waals surface area contributed by atoms with Gasteiger partial charge in [-0.05, 0) is 30.9 Å². The third-order valence-corrected chi connectivity index (χ3v) is 3.24. The second-order valence-electron chi connectivity index (χ2n) is 4.31. The first-order valence-electron chi connectivity index (χ1n) is 6.06. The molecule has 0 N–H and O–H groups in total. The lowest BCUT2D eigenvalue weighted by Crippen LogP contribution is -2.39. The van der Waals surface area contributed by atoms with E-state index in [1.165, 1.54) is 5.56 Å². The third kappa shape index (κ3) is 2.16. The molecule has 0 bridgehead atoms. The number of nitriles is 1. The number of rotatable bonds is 2. The van der Waals surface area contributed by atoms with Crippen molar-refractivity contribution in [1.82, 2.24) is 0 Å². The van der Waals surface area contributed by atoms with Gasteiger partial charge in [-0.3, -0.25) is 4.79 Å². The Morgan fingerprint density at radius 2 is 2.29 bits per heavy atom. The molecule has 1 aromatic carbocycles. The Balaban J connectivity index is 2.30. The van der Waals surface area contributed by atoms with Crippen LogP contribution >= 0.6 is 0 Å². The van der Waals surface area contributed by atoms with Gasteiger partial charge in [0.25, 0.3) is 0 Å². The van der Waals surface area contributed by atoms with Gasteiger partial charge >= 0.3 is 0 Å². The van der Waals surface area contributed by atoms with Gasteiger partial charge < -0.3 is 4.90 Å². The first kappa shape index (κ1) is 11.7. The van der Waals surface area contributed by atoms with Crippen molar-refractivity contribution in [2.45, 2.75) is 26.2 Å². The number of benzene rings is 1. The molecule has 0 spiro atoms. The van der Waals surface area contributed by atoms with Gasteiger partial charge in [0.1, 0.15) is 5.92 Å². The van der Waals surface area contributed by atoms with Gasteiger partial charge in [0, 0.05) is 12.2 Å². The molecule has 1 aromatic rings. The summed E-state index contributed by atoms with van der Waals surface area (Å²) >= 11 is 0. The molecule has 2 rings (SSSR count). The molecule has 1 amide bonds. The van der Waals surface area contributed by atoms with E-state index in [2.05, 4.69) is 12.1 Å². The van der Waals surface area contributed by atoms with Gasteiger partial charge in [0.05, 0.1) is 6.07 Å². The Morgan fingerprint density at radius 1 is 1.53 bits per heavy atom. The van der Waals surface area contributed by atoms with E-state index in [4.69, 9.17) is 5.26 Å². The van der Waals surface area contributed by atoms with Crippen LogP contribution in [0.25, 0.3) is 0 Å². The first-order chi connectivity index (χ1) is 8.27. The van der Waals surface area contributed by atoms with Gasteiger partial charge in [-0.2, -0.15) is 5.26 Å². The number of carbonyl (C=O) groups is 1. The number of anilines is 1. The Hall–Kier alpha value is -1.82. The molecule has 0 aromatic heterocycles. The molecule has 1 heterocycles. The van der Waals surface area contributed by atoms with Gasteiger partial charge in [0.15, 0.2) is 0 Å². The number of carbonyl (C=O) groups excluding carboxylic acids is 1. The van der Waals surface area contributed by atoms with Crippen molar-refractivity contribution in [3.05, 3.63) is 29.8 Å². The highest BCUT2D eigenvalue weighted by molar-refractivity contribution is 5.97. The molecule has 3 heteroatoms. The molecule has 0 aliphatic carbocycles. The molecule has 0 radical (unpaired) electrons. The number of hydrogen-bond donors (Lipinski definition) is 0. The minimum absolute atomic E-state index is 0.0536. The monoisotopic (exact) mass is 228 g/mol. The quantitative estimate of drug-likeness (QED) is 0.780. The third-order valence-electron chi connectivity index (χ3n) is 3.24. The molecule has 3 nitrogen and oxygen atoms in total. The summed E-state index contributed by atoms with van der Waals surface area (Å²) < 4.78 is 0. The van der Waals surface area contributed by atoms with Crippen LogP contribution in [0.3, 0.4) is 0 Å². The van der Waals surface area contributed by atoms with Crippen molar-refractivity contribution < 1.29 is 4.79 Å². The number of hydrogen-bond acceptors (Lipinski definition) is 2. The van der Waals surface area contributed by atoms with E-state index >= 15 is 0 Å². The summed E-state index contributed by atoms with van der Waals surface area (Å²) in [6, 6.07) is 10.1. The Morgan fingerprint density at radius 3 is 3.00 bits per heavy atom. The SMILES string of the molecule is CCC(C#N)C(=O)N1CCCc2ccccc21. The van der Waals surface area contributed by atoms with E-state index in [0.717, 1.165) is 25.1 Å². The molecule has 0 fully saturated rings. The van der Waals surface area contributed by atoms with Crippen LogP contribution in [-0.4, -0.2) is 12.5 Å². The van der Waals surface area contributed by atoms with Crippen molar-refractivity contribution in [3.8, 4) is 6.07 Å². The van der Waals surface area contributed by atoms with Gasteiger partial charge in [-0.1, -0.05) is 25.1 Å². The summed E-state index contributed by atoms with van der Waals surface area (Å²) in [5, 5.41) is 8.98. The summed E-state index contributed by atoms with van der Waals surface area (Å²) in [4.78, 5) is 14.0. The number of aryl methyl sites for hydroxylation is 1. The fourth-order valence-corrected chi connectivity index (χ4v) is 2.27. The number of nitrogens with zero attached hydrogens (tertiary/aromatic N) is 2. The standard InChI is InChI=1S/C14H16N2O/c1-2-11(10-15)14(17)16-9-5-7-12-6-3-4-8-13(12)16/h3-4,6,8,11H,2,5,7,9H2,1H3. The van der Waals surface area contributed by atoms with Crippen LogP contribution in [0.15, 0.2) is 24.3 Å². The van der Waals surface area contributed by atoms with Crippen molar-refractivity contribution >= 4 is 11.6 Å². The zero-order chi connectivity index (χ0) is 12.3. The predicted molar refractivity (Wildman–Crippen MR) is 66.5 cm³/mol. The Labute approximate surface area is 102 Å². The fraction of sp³-hybridized carbons (Fsp3) is 0.429. The zero-order valence-corrected chi connectivity index (χ0v) is 10.0. The second-order valence-corrected chi connectivity index (χ2v) is 4.31. The summed E-state index contributed by atoms with van der Waals surface area (Å²) in [6.45, 7) is 2.61. The van der Waals surface area contributed by atoms with E-state index in [1.54, 1.807) is 4.90 Å². The first-order valence-corrected chi connectivity index (χ1v) is 6.06. The van der Waals surface area contributed by atoms with E-state index in [1.807, 2.05) is 25.1 Å².